The van der Waals surface area contributed by atoms with Crippen LogP contribution in [-0.4, -0.2) is 45.3 Å². The lowest BCUT2D eigenvalue weighted by atomic mass is 10.0. The molecular weight excluding hydrogens is 436 g/mol. The van der Waals surface area contributed by atoms with Gasteiger partial charge < -0.3 is 19.7 Å². The topological polar surface area (TPSA) is 67.9 Å². The van der Waals surface area contributed by atoms with E-state index in [1.165, 1.54) is 18.4 Å². The Hall–Kier alpha value is -3.16. The van der Waals surface area contributed by atoms with Crippen molar-refractivity contribution >= 4 is 28.2 Å². The smallest absolute Gasteiger partial charge is 0.307 e. The Kier molecular flexibility index (Phi) is 7.42. The lowest BCUT2D eigenvalue weighted by molar-refractivity contribution is -0.141. The number of methoxy groups -OCH3 is 1. The molecule has 172 valence electrons. The van der Waals surface area contributed by atoms with E-state index in [9.17, 15) is 9.59 Å². The highest BCUT2D eigenvalue weighted by Gasteiger charge is 2.25. The molecule has 1 amide bonds. The van der Waals surface area contributed by atoms with E-state index in [1.807, 2.05) is 55.5 Å². The summed E-state index contributed by atoms with van der Waals surface area (Å²) in [4.78, 5) is 28.3. The minimum atomic E-state index is -0.473. The van der Waals surface area contributed by atoms with Crippen molar-refractivity contribution in [1.82, 2.24) is 5.32 Å². The molecule has 0 radical (unpaired) electrons. The largest absolute Gasteiger partial charge is 0.469 e. The second-order valence-corrected chi connectivity index (χ2v) is 9.04. The highest BCUT2D eigenvalue weighted by Crippen LogP contribution is 2.39. The molecule has 0 saturated carbocycles. The van der Waals surface area contributed by atoms with E-state index in [4.69, 9.17) is 9.47 Å². The third kappa shape index (κ3) is 5.61. The maximum atomic E-state index is 13.3. The number of ether oxygens (including phenoxy) is 2. The molecular formula is C26H28N2O4S. The lowest BCUT2D eigenvalue weighted by Gasteiger charge is -2.28. The van der Waals surface area contributed by atoms with Crippen LogP contribution in [0.4, 0.5) is 5.00 Å². The number of nitrogens with one attached hydrogen (secondary N) is 1. The van der Waals surface area contributed by atoms with Gasteiger partial charge in [0, 0.05) is 18.7 Å². The van der Waals surface area contributed by atoms with Crippen molar-refractivity contribution in [2.75, 3.05) is 38.3 Å². The number of hydrogen-bond acceptors (Lipinski definition) is 6. The van der Waals surface area contributed by atoms with Gasteiger partial charge in [-0.3, -0.25) is 9.59 Å². The minimum absolute atomic E-state index is 0.0680. The normalized spacial score (nSPS) is 14.5. The third-order valence-corrected chi connectivity index (χ3v) is 6.90. The van der Waals surface area contributed by atoms with Gasteiger partial charge >= 0.3 is 5.97 Å². The molecule has 0 aliphatic carbocycles. The number of morpholine rings is 1. The van der Waals surface area contributed by atoms with Crippen LogP contribution in [-0.2, 0) is 14.3 Å². The molecule has 4 rings (SSSR count). The van der Waals surface area contributed by atoms with Crippen molar-refractivity contribution in [2.24, 2.45) is 0 Å². The van der Waals surface area contributed by atoms with Crippen LogP contribution in [0.1, 0.15) is 33.3 Å². The first kappa shape index (κ1) is 23.0. The van der Waals surface area contributed by atoms with Crippen LogP contribution >= 0.6 is 11.3 Å². The van der Waals surface area contributed by atoms with E-state index in [0.717, 1.165) is 40.3 Å². The molecule has 1 fully saturated rings. The molecule has 1 aliphatic heterocycles. The minimum Gasteiger partial charge on any atom is -0.469 e. The average Bonchev–Trinajstić information content (AvgIpc) is 3.31. The van der Waals surface area contributed by atoms with E-state index in [0.29, 0.717) is 18.1 Å². The number of amides is 1. The fourth-order valence-electron chi connectivity index (χ4n) is 3.85. The molecule has 1 aliphatic rings. The molecule has 2 heterocycles. The molecule has 1 N–H and O–H groups in total. The molecule has 1 aromatic heterocycles. The Bertz CT molecular complexity index is 1090. The molecule has 7 heteroatoms. The van der Waals surface area contributed by atoms with Gasteiger partial charge in [-0.1, -0.05) is 60.2 Å². The van der Waals surface area contributed by atoms with E-state index in [2.05, 4.69) is 22.3 Å². The third-order valence-electron chi connectivity index (χ3n) is 5.70. The zero-order valence-electron chi connectivity index (χ0n) is 18.9. The fourth-order valence-corrected chi connectivity index (χ4v) is 4.98. The second-order valence-electron chi connectivity index (χ2n) is 8.01. The van der Waals surface area contributed by atoms with Gasteiger partial charge in [0.05, 0.1) is 42.7 Å². The van der Waals surface area contributed by atoms with Crippen LogP contribution in [0.2, 0.25) is 0 Å². The van der Waals surface area contributed by atoms with E-state index in [-0.39, 0.29) is 18.3 Å². The van der Waals surface area contributed by atoms with Crippen LogP contribution in [0.25, 0.3) is 11.1 Å². The first-order chi connectivity index (χ1) is 16.0. The summed E-state index contributed by atoms with van der Waals surface area (Å²) in [5, 5.41) is 4.12. The van der Waals surface area contributed by atoms with Gasteiger partial charge in [0.1, 0.15) is 0 Å². The zero-order chi connectivity index (χ0) is 23.2. The predicted octanol–water partition coefficient (Wildman–Crippen LogP) is 4.59. The summed E-state index contributed by atoms with van der Waals surface area (Å²) in [6.45, 7) is 4.91. The standard InChI is InChI=1S/C26H28N2O4S/c1-18-8-10-20(11-9-18)22(17-24(29)31-2)27-25(30)23-16-21(19-6-4-3-5-7-19)26(33-23)28-12-14-32-15-13-28/h3-11,16,22H,12-15,17H2,1-2H3,(H,27,30). The number of nitrogens with zero attached hydrogens (tertiary/aromatic N) is 1. The highest BCUT2D eigenvalue weighted by molar-refractivity contribution is 7.18. The molecule has 0 bridgehead atoms. The molecule has 1 atom stereocenters. The Morgan fingerprint density at radius 1 is 1.09 bits per heavy atom. The van der Waals surface area contributed by atoms with E-state index < -0.39 is 6.04 Å². The highest BCUT2D eigenvalue weighted by atomic mass is 32.1. The number of benzene rings is 2. The van der Waals surface area contributed by atoms with Crippen molar-refractivity contribution in [2.45, 2.75) is 19.4 Å². The zero-order valence-corrected chi connectivity index (χ0v) is 19.7. The number of carbonyl (C=O) groups is 2. The van der Waals surface area contributed by atoms with E-state index in [1.54, 1.807) is 0 Å². The summed E-state index contributed by atoms with van der Waals surface area (Å²) in [7, 11) is 1.36. The summed E-state index contributed by atoms with van der Waals surface area (Å²) in [5.41, 5.74) is 4.09. The van der Waals surface area contributed by atoms with Gasteiger partial charge in [0.2, 0.25) is 0 Å². The van der Waals surface area contributed by atoms with Gasteiger partial charge in [-0.15, -0.1) is 11.3 Å². The Morgan fingerprint density at radius 3 is 2.45 bits per heavy atom. The van der Waals surface area contributed by atoms with Crippen molar-refractivity contribution in [3.05, 3.63) is 76.7 Å². The number of rotatable bonds is 7. The first-order valence-corrected chi connectivity index (χ1v) is 11.8. The number of esters is 1. The van der Waals surface area contributed by atoms with E-state index >= 15 is 0 Å². The molecule has 0 spiro atoms. The number of carbonyl (C=O) groups excluding carboxylic acids is 2. The van der Waals surface area contributed by atoms with Gasteiger partial charge in [-0.05, 0) is 24.1 Å². The van der Waals surface area contributed by atoms with Gasteiger partial charge in [0.15, 0.2) is 0 Å². The maximum absolute atomic E-state index is 13.3. The molecule has 1 saturated heterocycles. The monoisotopic (exact) mass is 464 g/mol. The van der Waals surface area contributed by atoms with Gasteiger partial charge in [-0.25, -0.2) is 0 Å². The summed E-state index contributed by atoms with van der Waals surface area (Å²) >= 11 is 1.48. The average molecular weight is 465 g/mol. The SMILES string of the molecule is COC(=O)CC(NC(=O)c1cc(-c2ccccc2)c(N2CCOCC2)s1)c1ccc(C)cc1. The summed E-state index contributed by atoms with van der Waals surface area (Å²) in [6.07, 6.45) is 0.0680. The number of anilines is 1. The van der Waals surface area contributed by atoms with Crippen LogP contribution in [0.5, 0.6) is 0 Å². The summed E-state index contributed by atoms with van der Waals surface area (Å²) in [6, 6.07) is 19.4. The van der Waals surface area contributed by atoms with Gasteiger partial charge in [-0.2, -0.15) is 0 Å². The molecule has 33 heavy (non-hydrogen) atoms. The van der Waals surface area contributed by atoms with Crippen LogP contribution in [0.15, 0.2) is 60.7 Å². The fraction of sp³-hybridized carbons (Fsp3) is 0.308. The van der Waals surface area contributed by atoms with Crippen molar-refractivity contribution in [3.63, 3.8) is 0 Å². The van der Waals surface area contributed by atoms with Crippen LogP contribution < -0.4 is 10.2 Å². The lowest BCUT2D eigenvalue weighted by Crippen LogP contribution is -2.35. The molecule has 2 aromatic carbocycles. The first-order valence-electron chi connectivity index (χ1n) is 11.0. The number of hydrogen-bond donors (Lipinski definition) is 1. The number of aryl methyl sites for hydroxylation is 1. The predicted molar refractivity (Wildman–Crippen MR) is 131 cm³/mol. The quantitative estimate of drug-likeness (QED) is 0.518. The van der Waals surface area contributed by atoms with Crippen LogP contribution in [0, 0.1) is 6.92 Å². The van der Waals surface area contributed by atoms with Gasteiger partial charge in [0.25, 0.3) is 5.91 Å². The number of thiophene rings is 1. The summed E-state index contributed by atoms with van der Waals surface area (Å²) in [5.74, 6) is -0.572. The molecule has 1 unspecified atom stereocenters. The second kappa shape index (κ2) is 10.6. The van der Waals surface area contributed by atoms with Crippen molar-refractivity contribution < 1.29 is 19.1 Å². The summed E-state index contributed by atoms with van der Waals surface area (Å²) < 4.78 is 10.4. The van der Waals surface area contributed by atoms with Crippen LogP contribution in [0.3, 0.4) is 0 Å². The Labute approximate surface area is 198 Å². The maximum Gasteiger partial charge on any atom is 0.307 e. The molecule has 3 aromatic rings. The van der Waals surface area contributed by atoms with Crippen molar-refractivity contribution in [3.8, 4) is 11.1 Å². The molecule has 6 nitrogen and oxygen atoms in total. The van der Waals surface area contributed by atoms with Crippen molar-refractivity contribution in [1.29, 1.82) is 0 Å². The Morgan fingerprint density at radius 2 is 1.79 bits per heavy atom. The Balaban J connectivity index is 1.63.